The van der Waals surface area contributed by atoms with Crippen LogP contribution in [0.15, 0.2) is 15.3 Å². The highest BCUT2D eigenvalue weighted by molar-refractivity contribution is 9.11. The van der Waals surface area contributed by atoms with E-state index in [2.05, 4.69) is 41.8 Å². The van der Waals surface area contributed by atoms with Gasteiger partial charge in [-0.25, -0.2) is 9.97 Å². The Morgan fingerprint density at radius 2 is 1.50 bits per heavy atom. The van der Waals surface area contributed by atoms with E-state index in [1.165, 1.54) is 6.07 Å². The minimum absolute atomic E-state index is 0.0942. The van der Waals surface area contributed by atoms with E-state index in [4.69, 9.17) is 0 Å². The van der Waals surface area contributed by atoms with Crippen molar-refractivity contribution in [3.05, 3.63) is 21.1 Å². The van der Waals surface area contributed by atoms with Crippen LogP contribution in [-0.4, -0.2) is 9.97 Å². The van der Waals surface area contributed by atoms with Crippen molar-refractivity contribution in [1.29, 1.82) is 0 Å². The van der Waals surface area contributed by atoms with Gasteiger partial charge in [-0.1, -0.05) is 0 Å². The van der Waals surface area contributed by atoms with Crippen LogP contribution in [0.5, 0.6) is 0 Å². The molecule has 0 N–H and O–H groups in total. The van der Waals surface area contributed by atoms with Crippen molar-refractivity contribution in [2.24, 2.45) is 0 Å². The van der Waals surface area contributed by atoms with Crippen LogP contribution in [0.4, 0.5) is 13.2 Å². The fourth-order valence-electron chi connectivity index (χ4n) is 0.517. The summed E-state index contributed by atoms with van der Waals surface area (Å²) in [6.45, 7) is 0. The van der Waals surface area contributed by atoms with Crippen molar-refractivity contribution in [3.63, 3.8) is 0 Å². The first kappa shape index (κ1) is 9.91. The van der Waals surface area contributed by atoms with Crippen molar-refractivity contribution < 1.29 is 13.2 Å². The van der Waals surface area contributed by atoms with E-state index >= 15 is 0 Å². The highest BCUT2D eigenvalue weighted by Crippen LogP contribution is 2.28. The molecule has 1 aromatic heterocycles. The van der Waals surface area contributed by atoms with Crippen molar-refractivity contribution in [2.45, 2.75) is 6.18 Å². The maximum absolute atomic E-state index is 12.0. The summed E-state index contributed by atoms with van der Waals surface area (Å²) in [7, 11) is 0. The number of hydrogen-bond acceptors (Lipinski definition) is 2. The number of halogens is 5. The average Bonchev–Trinajstić information content (AvgIpc) is 1.82. The standard InChI is InChI=1S/C5HBr2F3N2/c6-2-1-3(7)12-4(11-2)5(8,9)10/h1H. The predicted octanol–water partition coefficient (Wildman–Crippen LogP) is 3.02. The molecule has 1 aromatic rings. The van der Waals surface area contributed by atoms with Gasteiger partial charge in [0.25, 0.3) is 0 Å². The van der Waals surface area contributed by atoms with Gasteiger partial charge in [-0.05, 0) is 31.9 Å². The number of hydrogen-bond donors (Lipinski definition) is 0. The molecule has 0 aliphatic rings. The molecule has 0 amide bonds. The summed E-state index contributed by atoms with van der Waals surface area (Å²) < 4.78 is 36.1. The molecule has 1 rings (SSSR count). The fraction of sp³-hybridized carbons (Fsp3) is 0.200. The van der Waals surface area contributed by atoms with E-state index in [1.54, 1.807) is 0 Å². The van der Waals surface area contributed by atoms with E-state index < -0.39 is 12.0 Å². The zero-order valence-electron chi connectivity index (χ0n) is 5.36. The van der Waals surface area contributed by atoms with Gasteiger partial charge in [0.15, 0.2) is 0 Å². The van der Waals surface area contributed by atoms with Gasteiger partial charge in [0.1, 0.15) is 9.21 Å². The van der Waals surface area contributed by atoms with Gasteiger partial charge in [-0.15, -0.1) is 0 Å². The molecule has 0 atom stereocenters. The van der Waals surface area contributed by atoms with E-state index in [-0.39, 0.29) is 9.21 Å². The Balaban J connectivity index is 3.18. The Morgan fingerprint density at radius 1 is 1.08 bits per heavy atom. The van der Waals surface area contributed by atoms with Gasteiger partial charge in [-0.2, -0.15) is 13.2 Å². The Bertz CT molecular complexity index is 279. The third-order valence-corrected chi connectivity index (χ3v) is 1.73. The molecule has 0 saturated heterocycles. The number of alkyl halides is 3. The average molecular weight is 306 g/mol. The summed E-state index contributed by atoms with van der Waals surface area (Å²) >= 11 is 5.65. The van der Waals surface area contributed by atoms with Crippen LogP contribution in [-0.2, 0) is 6.18 Å². The Hall–Kier alpha value is -0.170. The summed E-state index contributed by atoms with van der Waals surface area (Å²) in [5.74, 6) is -1.16. The first-order chi connectivity index (χ1) is 5.39. The third-order valence-electron chi connectivity index (χ3n) is 0.917. The van der Waals surface area contributed by atoms with Crippen molar-refractivity contribution in [3.8, 4) is 0 Å². The third kappa shape index (κ3) is 2.41. The van der Waals surface area contributed by atoms with Crippen molar-refractivity contribution in [1.82, 2.24) is 9.97 Å². The van der Waals surface area contributed by atoms with Crippen LogP contribution in [0.1, 0.15) is 5.82 Å². The summed E-state index contributed by atoms with van der Waals surface area (Å²) in [6, 6.07) is 1.33. The number of nitrogens with zero attached hydrogens (tertiary/aromatic N) is 2. The molecule has 0 radical (unpaired) electrons. The van der Waals surface area contributed by atoms with E-state index in [9.17, 15) is 13.2 Å². The second-order valence-corrected chi connectivity index (χ2v) is 3.46. The molecule has 0 aromatic carbocycles. The quantitative estimate of drug-likeness (QED) is 0.689. The zero-order chi connectivity index (χ0) is 9.35. The summed E-state index contributed by atoms with van der Waals surface area (Å²) in [5.41, 5.74) is 0. The molecule has 0 aliphatic heterocycles. The molecule has 0 bridgehead atoms. The van der Waals surface area contributed by atoms with E-state index in [0.29, 0.717) is 0 Å². The number of rotatable bonds is 0. The van der Waals surface area contributed by atoms with Crippen LogP contribution >= 0.6 is 31.9 Å². The lowest BCUT2D eigenvalue weighted by Crippen LogP contribution is -2.11. The highest BCUT2D eigenvalue weighted by Gasteiger charge is 2.35. The molecule has 12 heavy (non-hydrogen) atoms. The number of aromatic nitrogens is 2. The molecule has 0 spiro atoms. The molecule has 0 fully saturated rings. The minimum Gasteiger partial charge on any atom is -0.217 e. The Morgan fingerprint density at radius 3 is 1.83 bits per heavy atom. The molecule has 66 valence electrons. The molecular weight excluding hydrogens is 305 g/mol. The Kier molecular flexibility index (Phi) is 2.72. The molecule has 0 saturated carbocycles. The van der Waals surface area contributed by atoms with Crippen LogP contribution < -0.4 is 0 Å². The van der Waals surface area contributed by atoms with Gasteiger partial charge in [0.2, 0.25) is 5.82 Å². The molecule has 2 nitrogen and oxygen atoms in total. The smallest absolute Gasteiger partial charge is 0.217 e. The van der Waals surface area contributed by atoms with Crippen molar-refractivity contribution in [2.75, 3.05) is 0 Å². The van der Waals surface area contributed by atoms with Gasteiger partial charge in [-0.3, -0.25) is 0 Å². The lowest BCUT2D eigenvalue weighted by Gasteiger charge is -2.04. The molecule has 7 heteroatoms. The second kappa shape index (κ2) is 3.29. The second-order valence-electron chi connectivity index (χ2n) is 1.83. The molecule has 0 aliphatic carbocycles. The van der Waals surface area contributed by atoms with Crippen LogP contribution in [0.2, 0.25) is 0 Å². The van der Waals surface area contributed by atoms with E-state index in [1.807, 2.05) is 0 Å². The maximum atomic E-state index is 12.0. The first-order valence-corrected chi connectivity index (χ1v) is 4.25. The lowest BCUT2D eigenvalue weighted by atomic mass is 10.5. The normalized spacial score (nSPS) is 11.8. The minimum atomic E-state index is -4.51. The van der Waals surface area contributed by atoms with Gasteiger partial charge in [0.05, 0.1) is 0 Å². The van der Waals surface area contributed by atoms with Gasteiger partial charge >= 0.3 is 6.18 Å². The van der Waals surface area contributed by atoms with Crippen LogP contribution in [0, 0.1) is 0 Å². The summed E-state index contributed by atoms with van der Waals surface area (Å²) in [6.07, 6.45) is -4.51. The molecule has 0 unspecified atom stereocenters. The first-order valence-electron chi connectivity index (χ1n) is 2.67. The topological polar surface area (TPSA) is 25.8 Å². The van der Waals surface area contributed by atoms with Crippen molar-refractivity contribution >= 4 is 31.9 Å². The summed E-state index contributed by atoms with van der Waals surface area (Å²) in [4.78, 5) is 6.31. The maximum Gasteiger partial charge on any atom is 0.451 e. The lowest BCUT2D eigenvalue weighted by molar-refractivity contribution is -0.145. The van der Waals surface area contributed by atoms with Gasteiger partial charge in [0, 0.05) is 6.07 Å². The van der Waals surface area contributed by atoms with Crippen LogP contribution in [0.25, 0.3) is 0 Å². The zero-order valence-corrected chi connectivity index (χ0v) is 8.53. The SMILES string of the molecule is FC(F)(F)c1nc(Br)cc(Br)n1. The molecular formula is C5HBr2F3N2. The predicted molar refractivity (Wildman–Crippen MR) is 42.4 cm³/mol. The van der Waals surface area contributed by atoms with Crippen LogP contribution in [0.3, 0.4) is 0 Å². The monoisotopic (exact) mass is 304 g/mol. The fourth-order valence-corrected chi connectivity index (χ4v) is 1.59. The summed E-state index contributed by atoms with van der Waals surface area (Å²) in [5, 5.41) is 0. The van der Waals surface area contributed by atoms with Gasteiger partial charge < -0.3 is 0 Å². The largest absolute Gasteiger partial charge is 0.451 e. The molecule has 1 heterocycles. The highest BCUT2D eigenvalue weighted by atomic mass is 79.9. The van der Waals surface area contributed by atoms with E-state index in [0.717, 1.165) is 0 Å². The Labute approximate surface area is 82.5 Å².